The standard InChI is InChI=1S/C21H26N6O2/c1-5-29-18-12-10-17(11-13-18)27-19(24-25-26-27)14-22-20(28)23-16-8-6-15(7-9-16)21(2,3)4/h6-13H,5,14H2,1-4H3,(H2,22,23,28). The summed E-state index contributed by atoms with van der Waals surface area (Å²) in [6, 6.07) is 14.9. The molecular formula is C21H26N6O2. The van der Waals surface area contributed by atoms with E-state index in [1.165, 1.54) is 5.56 Å². The normalized spacial score (nSPS) is 11.2. The number of nitrogens with one attached hydrogen (secondary N) is 2. The van der Waals surface area contributed by atoms with E-state index >= 15 is 0 Å². The predicted octanol–water partition coefficient (Wildman–Crippen LogP) is 3.68. The minimum atomic E-state index is -0.324. The van der Waals surface area contributed by atoms with Crippen molar-refractivity contribution in [3.05, 3.63) is 59.9 Å². The molecule has 0 unspecified atom stereocenters. The monoisotopic (exact) mass is 394 g/mol. The largest absolute Gasteiger partial charge is 0.494 e. The summed E-state index contributed by atoms with van der Waals surface area (Å²) >= 11 is 0. The number of nitrogens with zero attached hydrogens (tertiary/aromatic N) is 4. The fourth-order valence-electron chi connectivity index (χ4n) is 2.75. The van der Waals surface area contributed by atoms with E-state index in [1.807, 2.05) is 55.5 Å². The van der Waals surface area contributed by atoms with Crippen molar-refractivity contribution < 1.29 is 9.53 Å². The number of carbonyl (C=O) groups is 1. The Morgan fingerprint density at radius 1 is 1.07 bits per heavy atom. The SMILES string of the molecule is CCOc1ccc(-n2nnnc2CNC(=O)Nc2ccc(C(C)(C)C)cc2)cc1. The third-order valence-electron chi connectivity index (χ3n) is 4.34. The Kier molecular flexibility index (Phi) is 6.11. The highest BCUT2D eigenvalue weighted by molar-refractivity contribution is 5.89. The van der Waals surface area contributed by atoms with Crippen molar-refractivity contribution in [2.75, 3.05) is 11.9 Å². The van der Waals surface area contributed by atoms with E-state index in [-0.39, 0.29) is 18.0 Å². The number of ether oxygens (including phenoxy) is 1. The van der Waals surface area contributed by atoms with Crippen LogP contribution in [0.2, 0.25) is 0 Å². The Labute approximate surface area is 170 Å². The van der Waals surface area contributed by atoms with Crippen LogP contribution in [-0.4, -0.2) is 32.8 Å². The summed E-state index contributed by atoms with van der Waals surface area (Å²) in [5, 5.41) is 17.3. The Balaban J connectivity index is 1.59. The molecule has 8 nitrogen and oxygen atoms in total. The molecular weight excluding hydrogens is 368 g/mol. The number of amides is 2. The number of benzene rings is 2. The van der Waals surface area contributed by atoms with Gasteiger partial charge in [-0.05, 0) is 64.7 Å². The molecule has 2 amide bonds. The molecule has 0 bridgehead atoms. The average molecular weight is 394 g/mol. The second-order valence-electron chi connectivity index (χ2n) is 7.57. The van der Waals surface area contributed by atoms with Crippen molar-refractivity contribution in [2.24, 2.45) is 0 Å². The minimum Gasteiger partial charge on any atom is -0.494 e. The molecule has 0 saturated heterocycles. The molecule has 0 aliphatic rings. The molecule has 29 heavy (non-hydrogen) atoms. The molecule has 0 aliphatic heterocycles. The summed E-state index contributed by atoms with van der Waals surface area (Å²) in [5.74, 6) is 1.30. The van der Waals surface area contributed by atoms with E-state index < -0.39 is 0 Å². The highest BCUT2D eigenvalue weighted by Crippen LogP contribution is 2.23. The Morgan fingerprint density at radius 2 is 1.76 bits per heavy atom. The summed E-state index contributed by atoms with van der Waals surface area (Å²) in [7, 11) is 0. The number of anilines is 1. The van der Waals surface area contributed by atoms with E-state index in [0.29, 0.717) is 12.4 Å². The summed E-state index contributed by atoms with van der Waals surface area (Å²) in [6.45, 7) is 9.17. The maximum atomic E-state index is 12.2. The van der Waals surface area contributed by atoms with Crippen LogP contribution in [0.15, 0.2) is 48.5 Å². The highest BCUT2D eigenvalue weighted by atomic mass is 16.5. The van der Waals surface area contributed by atoms with Crippen molar-refractivity contribution in [3.8, 4) is 11.4 Å². The van der Waals surface area contributed by atoms with Crippen molar-refractivity contribution in [3.63, 3.8) is 0 Å². The maximum absolute atomic E-state index is 12.2. The Hall–Kier alpha value is -3.42. The van der Waals surface area contributed by atoms with Gasteiger partial charge in [-0.2, -0.15) is 4.68 Å². The molecule has 1 aromatic heterocycles. The van der Waals surface area contributed by atoms with Gasteiger partial charge in [0, 0.05) is 5.69 Å². The van der Waals surface area contributed by atoms with Crippen LogP contribution in [0.5, 0.6) is 5.75 Å². The maximum Gasteiger partial charge on any atom is 0.319 e. The fourth-order valence-corrected chi connectivity index (χ4v) is 2.75. The van der Waals surface area contributed by atoms with Crippen LogP contribution in [-0.2, 0) is 12.0 Å². The van der Waals surface area contributed by atoms with Crippen molar-refractivity contribution in [2.45, 2.75) is 39.7 Å². The van der Waals surface area contributed by atoms with Gasteiger partial charge in [-0.25, -0.2) is 4.79 Å². The van der Waals surface area contributed by atoms with Crippen LogP contribution in [0.25, 0.3) is 5.69 Å². The van der Waals surface area contributed by atoms with Crippen LogP contribution in [0.1, 0.15) is 39.1 Å². The number of tetrazole rings is 1. The Bertz CT molecular complexity index is 943. The quantitative estimate of drug-likeness (QED) is 0.665. The van der Waals surface area contributed by atoms with Crippen LogP contribution in [0, 0.1) is 0 Å². The average Bonchev–Trinajstić information content (AvgIpc) is 3.16. The Morgan fingerprint density at radius 3 is 2.38 bits per heavy atom. The molecule has 2 N–H and O–H groups in total. The van der Waals surface area contributed by atoms with Gasteiger partial charge in [0.1, 0.15) is 5.75 Å². The van der Waals surface area contributed by atoms with E-state index in [4.69, 9.17) is 4.74 Å². The minimum absolute atomic E-state index is 0.0682. The van der Waals surface area contributed by atoms with E-state index in [0.717, 1.165) is 17.1 Å². The smallest absolute Gasteiger partial charge is 0.319 e. The molecule has 0 atom stereocenters. The number of hydrogen-bond donors (Lipinski definition) is 2. The third kappa shape index (κ3) is 5.31. The van der Waals surface area contributed by atoms with E-state index in [1.54, 1.807) is 4.68 Å². The molecule has 0 spiro atoms. The summed E-state index contributed by atoms with van der Waals surface area (Å²) in [5.41, 5.74) is 2.78. The third-order valence-corrected chi connectivity index (χ3v) is 4.34. The van der Waals surface area contributed by atoms with Gasteiger partial charge in [0.25, 0.3) is 0 Å². The molecule has 0 saturated carbocycles. The van der Waals surface area contributed by atoms with Crippen LogP contribution in [0.3, 0.4) is 0 Å². The van der Waals surface area contributed by atoms with Crippen LogP contribution < -0.4 is 15.4 Å². The number of rotatable bonds is 6. The number of hydrogen-bond acceptors (Lipinski definition) is 5. The number of aromatic nitrogens is 4. The second kappa shape index (κ2) is 8.72. The zero-order valence-corrected chi connectivity index (χ0v) is 17.1. The first-order valence-electron chi connectivity index (χ1n) is 9.52. The number of urea groups is 1. The lowest BCUT2D eigenvalue weighted by molar-refractivity contribution is 0.251. The molecule has 152 valence electrons. The lowest BCUT2D eigenvalue weighted by Gasteiger charge is -2.19. The molecule has 0 radical (unpaired) electrons. The lowest BCUT2D eigenvalue weighted by atomic mass is 9.87. The van der Waals surface area contributed by atoms with Crippen molar-refractivity contribution in [1.82, 2.24) is 25.5 Å². The van der Waals surface area contributed by atoms with Gasteiger partial charge in [-0.15, -0.1) is 5.10 Å². The lowest BCUT2D eigenvalue weighted by Crippen LogP contribution is -2.29. The van der Waals surface area contributed by atoms with Gasteiger partial charge in [0.2, 0.25) is 0 Å². The van der Waals surface area contributed by atoms with Gasteiger partial charge in [-0.1, -0.05) is 32.9 Å². The predicted molar refractivity (Wildman–Crippen MR) is 111 cm³/mol. The fraction of sp³-hybridized carbons (Fsp3) is 0.333. The second-order valence-corrected chi connectivity index (χ2v) is 7.57. The van der Waals surface area contributed by atoms with Gasteiger partial charge in [-0.3, -0.25) is 0 Å². The molecule has 0 aliphatic carbocycles. The van der Waals surface area contributed by atoms with Crippen LogP contribution >= 0.6 is 0 Å². The van der Waals surface area contributed by atoms with Gasteiger partial charge < -0.3 is 15.4 Å². The molecule has 3 aromatic rings. The first kappa shape index (κ1) is 20.3. The van der Waals surface area contributed by atoms with Crippen LogP contribution in [0.4, 0.5) is 10.5 Å². The van der Waals surface area contributed by atoms with Gasteiger partial charge in [0.15, 0.2) is 5.82 Å². The zero-order chi connectivity index (χ0) is 20.9. The summed E-state index contributed by atoms with van der Waals surface area (Å²) in [6.07, 6.45) is 0. The summed E-state index contributed by atoms with van der Waals surface area (Å²) in [4.78, 5) is 12.2. The van der Waals surface area contributed by atoms with Crippen molar-refractivity contribution >= 4 is 11.7 Å². The molecule has 1 heterocycles. The summed E-state index contributed by atoms with van der Waals surface area (Å²) < 4.78 is 7.02. The topological polar surface area (TPSA) is 94.0 Å². The first-order valence-corrected chi connectivity index (χ1v) is 9.52. The highest BCUT2D eigenvalue weighted by Gasteiger charge is 2.14. The van der Waals surface area contributed by atoms with Crippen molar-refractivity contribution in [1.29, 1.82) is 0 Å². The zero-order valence-electron chi connectivity index (χ0n) is 17.1. The first-order chi connectivity index (χ1) is 13.9. The molecule has 3 rings (SSSR count). The van der Waals surface area contributed by atoms with E-state index in [9.17, 15) is 4.79 Å². The molecule has 8 heteroatoms. The molecule has 2 aromatic carbocycles. The van der Waals surface area contributed by atoms with Gasteiger partial charge in [0.05, 0.1) is 18.8 Å². The van der Waals surface area contributed by atoms with Gasteiger partial charge >= 0.3 is 6.03 Å². The number of carbonyl (C=O) groups excluding carboxylic acids is 1. The molecule has 0 fully saturated rings. The van der Waals surface area contributed by atoms with E-state index in [2.05, 4.69) is 46.9 Å².